The number of pyridine rings is 1. The molecule has 1 aromatic heterocycles. The molecule has 0 aromatic carbocycles. The highest BCUT2D eigenvalue weighted by molar-refractivity contribution is 5.92. The topological polar surface area (TPSA) is 36.4 Å². The first-order valence-corrected chi connectivity index (χ1v) is 7.70. The van der Waals surface area contributed by atoms with Crippen LogP contribution in [0.15, 0.2) is 24.4 Å². The maximum absolute atomic E-state index is 12.6. The van der Waals surface area contributed by atoms with Gasteiger partial charge in [-0.05, 0) is 50.9 Å². The molecule has 20 heavy (non-hydrogen) atoms. The predicted octanol–water partition coefficient (Wildman–Crippen LogP) is 2.17. The van der Waals surface area contributed by atoms with Crippen LogP contribution in [-0.4, -0.2) is 52.4 Å². The molecule has 3 heterocycles. The first-order chi connectivity index (χ1) is 9.75. The zero-order valence-corrected chi connectivity index (χ0v) is 12.2. The molecule has 2 saturated heterocycles. The second-order valence-corrected chi connectivity index (χ2v) is 5.95. The predicted molar refractivity (Wildman–Crippen MR) is 78.6 cm³/mol. The van der Waals surface area contributed by atoms with Gasteiger partial charge in [0.05, 0.1) is 0 Å². The monoisotopic (exact) mass is 273 g/mol. The Kier molecular flexibility index (Phi) is 3.74. The molecule has 0 radical (unpaired) electrons. The van der Waals surface area contributed by atoms with Crippen molar-refractivity contribution in [1.82, 2.24) is 14.8 Å². The van der Waals surface area contributed by atoms with Gasteiger partial charge in [0.15, 0.2) is 0 Å². The van der Waals surface area contributed by atoms with Gasteiger partial charge in [-0.3, -0.25) is 14.7 Å². The van der Waals surface area contributed by atoms with E-state index in [1.165, 1.54) is 25.8 Å². The Morgan fingerprint density at radius 2 is 2.10 bits per heavy atom. The van der Waals surface area contributed by atoms with Gasteiger partial charge >= 0.3 is 0 Å². The number of carbonyl (C=O) groups excluding carboxylic acids is 1. The molecule has 2 aliphatic rings. The van der Waals surface area contributed by atoms with Gasteiger partial charge in [-0.1, -0.05) is 13.0 Å². The van der Waals surface area contributed by atoms with E-state index >= 15 is 0 Å². The first kappa shape index (κ1) is 13.6. The average molecular weight is 273 g/mol. The van der Waals surface area contributed by atoms with Crippen molar-refractivity contribution in [2.45, 2.75) is 38.1 Å². The van der Waals surface area contributed by atoms with Gasteiger partial charge in [-0.2, -0.15) is 0 Å². The highest BCUT2D eigenvalue weighted by Crippen LogP contribution is 2.37. The molecule has 0 unspecified atom stereocenters. The molecule has 1 aromatic rings. The number of hydrogen-bond donors (Lipinski definition) is 0. The Morgan fingerprint density at radius 3 is 2.80 bits per heavy atom. The van der Waals surface area contributed by atoms with E-state index in [0.29, 0.717) is 5.69 Å². The molecule has 2 fully saturated rings. The molecule has 0 aliphatic carbocycles. The molecule has 4 heteroatoms. The smallest absolute Gasteiger partial charge is 0.272 e. The quantitative estimate of drug-likeness (QED) is 0.828. The number of aromatic nitrogens is 1. The van der Waals surface area contributed by atoms with E-state index in [-0.39, 0.29) is 11.4 Å². The second-order valence-electron chi connectivity index (χ2n) is 5.95. The first-order valence-electron chi connectivity index (χ1n) is 7.70. The largest absolute Gasteiger partial charge is 0.335 e. The molecule has 2 aliphatic heterocycles. The molecular weight excluding hydrogens is 250 g/mol. The average Bonchev–Trinajstić information content (AvgIpc) is 2.89. The highest BCUT2D eigenvalue weighted by atomic mass is 16.2. The van der Waals surface area contributed by atoms with Gasteiger partial charge in [0, 0.05) is 24.8 Å². The Bertz CT molecular complexity index is 476. The van der Waals surface area contributed by atoms with Crippen molar-refractivity contribution in [1.29, 1.82) is 0 Å². The molecule has 3 rings (SSSR count). The summed E-state index contributed by atoms with van der Waals surface area (Å²) in [6.45, 7) is 6.24. The lowest BCUT2D eigenvalue weighted by Gasteiger charge is -2.45. The summed E-state index contributed by atoms with van der Waals surface area (Å²) in [4.78, 5) is 21.4. The summed E-state index contributed by atoms with van der Waals surface area (Å²) in [6.07, 6.45) is 6.52. The summed E-state index contributed by atoms with van der Waals surface area (Å²) in [7, 11) is 0. The van der Waals surface area contributed by atoms with Crippen LogP contribution >= 0.6 is 0 Å². The van der Waals surface area contributed by atoms with Crippen LogP contribution < -0.4 is 0 Å². The van der Waals surface area contributed by atoms with Crippen LogP contribution in [0.25, 0.3) is 0 Å². The lowest BCUT2D eigenvalue weighted by atomic mass is 9.86. The van der Waals surface area contributed by atoms with Crippen LogP contribution in [0.5, 0.6) is 0 Å². The van der Waals surface area contributed by atoms with Crippen molar-refractivity contribution in [2.24, 2.45) is 0 Å². The van der Waals surface area contributed by atoms with Crippen molar-refractivity contribution >= 4 is 5.91 Å². The summed E-state index contributed by atoms with van der Waals surface area (Å²) >= 11 is 0. The highest BCUT2D eigenvalue weighted by Gasteiger charge is 2.44. The summed E-state index contributed by atoms with van der Waals surface area (Å²) in [5.41, 5.74) is 0.808. The van der Waals surface area contributed by atoms with Crippen LogP contribution in [0.3, 0.4) is 0 Å². The minimum atomic E-state index is 0.0904. The Morgan fingerprint density at radius 1 is 1.30 bits per heavy atom. The Labute approximate surface area is 120 Å². The van der Waals surface area contributed by atoms with Crippen molar-refractivity contribution < 1.29 is 4.79 Å². The van der Waals surface area contributed by atoms with Crippen LogP contribution in [0.2, 0.25) is 0 Å². The zero-order valence-electron chi connectivity index (χ0n) is 12.2. The Hall–Kier alpha value is -1.42. The van der Waals surface area contributed by atoms with E-state index in [4.69, 9.17) is 0 Å². The van der Waals surface area contributed by atoms with Crippen molar-refractivity contribution in [3.8, 4) is 0 Å². The number of rotatable bonds is 2. The van der Waals surface area contributed by atoms with Crippen LogP contribution in [0, 0.1) is 0 Å². The van der Waals surface area contributed by atoms with Gasteiger partial charge in [-0.25, -0.2) is 0 Å². The van der Waals surface area contributed by atoms with Gasteiger partial charge < -0.3 is 4.90 Å². The molecular formula is C16H23N3O. The number of likely N-dealkylation sites (tertiary alicyclic amines) is 2. The van der Waals surface area contributed by atoms with Crippen molar-refractivity contribution in [3.05, 3.63) is 30.1 Å². The fourth-order valence-corrected chi connectivity index (χ4v) is 3.89. The van der Waals surface area contributed by atoms with Crippen LogP contribution in [-0.2, 0) is 0 Å². The van der Waals surface area contributed by atoms with E-state index in [1.54, 1.807) is 6.20 Å². The van der Waals surface area contributed by atoms with E-state index in [0.717, 1.165) is 26.1 Å². The number of likely N-dealkylation sites (N-methyl/N-ethyl adjacent to an activating group) is 1. The molecule has 0 N–H and O–H groups in total. The van der Waals surface area contributed by atoms with Crippen molar-refractivity contribution in [3.63, 3.8) is 0 Å². The van der Waals surface area contributed by atoms with Gasteiger partial charge in [-0.15, -0.1) is 0 Å². The minimum absolute atomic E-state index is 0.0904. The van der Waals surface area contributed by atoms with Crippen molar-refractivity contribution in [2.75, 3.05) is 26.2 Å². The molecule has 1 spiro atoms. The summed E-state index contributed by atoms with van der Waals surface area (Å²) in [6, 6.07) is 5.55. The van der Waals surface area contributed by atoms with Gasteiger partial charge in [0.1, 0.15) is 5.69 Å². The van der Waals surface area contributed by atoms with Crippen LogP contribution in [0.1, 0.15) is 43.1 Å². The second kappa shape index (κ2) is 5.52. The van der Waals surface area contributed by atoms with Gasteiger partial charge in [0.2, 0.25) is 0 Å². The van der Waals surface area contributed by atoms with E-state index < -0.39 is 0 Å². The number of hydrogen-bond acceptors (Lipinski definition) is 3. The normalized spacial score (nSPS) is 27.1. The summed E-state index contributed by atoms with van der Waals surface area (Å²) in [5.74, 6) is 0.0904. The third-order valence-corrected chi connectivity index (χ3v) is 4.85. The zero-order chi connectivity index (χ0) is 14.0. The molecule has 108 valence electrons. The number of piperidine rings is 1. The number of amides is 1. The van der Waals surface area contributed by atoms with E-state index in [2.05, 4.69) is 16.8 Å². The lowest BCUT2D eigenvalue weighted by Crippen LogP contribution is -2.56. The fourth-order valence-electron chi connectivity index (χ4n) is 3.89. The van der Waals surface area contributed by atoms with Crippen LogP contribution in [0.4, 0.5) is 0 Å². The summed E-state index contributed by atoms with van der Waals surface area (Å²) < 4.78 is 0. The Balaban J connectivity index is 1.77. The third kappa shape index (κ3) is 2.33. The summed E-state index contributed by atoms with van der Waals surface area (Å²) in [5, 5.41) is 0. The maximum atomic E-state index is 12.6. The molecule has 1 amide bonds. The standard InChI is InChI=1S/C16H23N3O/c1-2-19-12-6-9-16(19)8-5-11-18(13-16)15(20)14-7-3-4-10-17-14/h3-4,7,10H,2,5-6,8-9,11-13H2,1H3/t16-/m1/s1. The van der Waals surface area contributed by atoms with Gasteiger partial charge in [0.25, 0.3) is 5.91 Å². The third-order valence-electron chi connectivity index (χ3n) is 4.85. The molecule has 4 nitrogen and oxygen atoms in total. The minimum Gasteiger partial charge on any atom is -0.335 e. The molecule has 0 bridgehead atoms. The maximum Gasteiger partial charge on any atom is 0.272 e. The van der Waals surface area contributed by atoms with E-state index in [1.807, 2.05) is 23.1 Å². The number of nitrogens with zero attached hydrogens (tertiary/aromatic N) is 3. The lowest BCUT2D eigenvalue weighted by molar-refractivity contribution is 0.0341. The SMILES string of the molecule is CCN1CCC[C@@]12CCCN(C(=O)c1ccccn1)C2. The molecule has 1 atom stereocenters. The van der Waals surface area contributed by atoms with E-state index in [9.17, 15) is 4.79 Å². The number of carbonyl (C=O) groups is 1. The fraction of sp³-hybridized carbons (Fsp3) is 0.625. The molecule has 0 saturated carbocycles.